The van der Waals surface area contributed by atoms with Crippen molar-refractivity contribution in [2.24, 2.45) is 0 Å². The van der Waals surface area contributed by atoms with Crippen LogP contribution >= 0.6 is 0 Å². The summed E-state index contributed by atoms with van der Waals surface area (Å²) in [6.07, 6.45) is 2.14. The molecule has 27 heavy (non-hydrogen) atoms. The molecule has 146 valence electrons. The number of para-hydroxylation sites is 1. The fourth-order valence-corrected chi connectivity index (χ4v) is 4.56. The van der Waals surface area contributed by atoms with Crippen molar-refractivity contribution in [3.63, 3.8) is 0 Å². The third-order valence-electron chi connectivity index (χ3n) is 4.90. The Bertz CT molecular complexity index is 944. The number of carboxylic acid groups (broad SMARTS) is 1. The van der Waals surface area contributed by atoms with E-state index in [-0.39, 0.29) is 24.9 Å². The highest BCUT2D eigenvalue weighted by Crippen LogP contribution is 2.26. The first kappa shape index (κ1) is 19.4. The number of aliphatic carboxylic acids is 1. The second-order valence-electron chi connectivity index (χ2n) is 6.50. The van der Waals surface area contributed by atoms with Gasteiger partial charge in [0.25, 0.3) is 5.91 Å². The van der Waals surface area contributed by atoms with Gasteiger partial charge in [-0.15, -0.1) is 0 Å². The zero-order valence-electron chi connectivity index (χ0n) is 15.0. The van der Waals surface area contributed by atoms with E-state index in [0.29, 0.717) is 29.4 Å². The summed E-state index contributed by atoms with van der Waals surface area (Å²) < 4.78 is 30.8. The van der Waals surface area contributed by atoms with Gasteiger partial charge in [0.15, 0.2) is 0 Å². The Morgan fingerprint density at radius 2 is 1.93 bits per heavy atom. The summed E-state index contributed by atoms with van der Waals surface area (Å²) in [5, 5.41) is 9.90. The predicted octanol–water partition coefficient (Wildman–Crippen LogP) is 1.77. The molecule has 1 aliphatic rings. The highest BCUT2D eigenvalue weighted by molar-refractivity contribution is 7.89. The number of carboxylic acids is 1. The first-order valence-electron chi connectivity index (χ1n) is 8.80. The fraction of sp³-hybridized carbons (Fsp3) is 0.444. The topological polar surface area (TPSA) is 108 Å². The number of piperidine rings is 1. The maximum Gasteiger partial charge on any atom is 0.323 e. The van der Waals surface area contributed by atoms with Crippen LogP contribution in [0, 0.1) is 0 Å². The summed E-state index contributed by atoms with van der Waals surface area (Å²) in [4.78, 5) is 25.7. The fourth-order valence-electron chi connectivity index (χ4n) is 3.43. The molecule has 1 aromatic carbocycles. The molecule has 0 aliphatic carbocycles. The van der Waals surface area contributed by atoms with Gasteiger partial charge in [-0.05, 0) is 25.8 Å². The van der Waals surface area contributed by atoms with E-state index >= 15 is 0 Å². The van der Waals surface area contributed by atoms with Crippen LogP contribution in [-0.2, 0) is 14.8 Å². The molecule has 0 spiro atoms. The van der Waals surface area contributed by atoms with Crippen molar-refractivity contribution in [1.82, 2.24) is 9.21 Å². The number of fused-ring (bicyclic) bond motifs is 1. The van der Waals surface area contributed by atoms with Gasteiger partial charge in [0.1, 0.15) is 18.4 Å². The molecule has 1 N–H and O–H groups in total. The molecule has 2 aromatic rings. The van der Waals surface area contributed by atoms with Gasteiger partial charge < -0.3 is 14.4 Å². The van der Waals surface area contributed by atoms with E-state index in [2.05, 4.69) is 0 Å². The zero-order valence-corrected chi connectivity index (χ0v) is 15.8. The minimum Gasteiger partial charge on any atom is -0.480 e. The second-order valence-corrected chi connectivity index (χ2v) is 8.76. The molecule has 0 bridgehead atoms. The number of benzene rings is 1. The lowest BCUT2D eigenvalue weighted by atomic mass is 10.0. The van der Waals surface area contributed by atoms with E-state index in [0.717, 1.165) is 0 Å². The van der Waals surface area contributed by atoms with Crippen molar-refractivity contribution in [1.29, 1.82) is 0 Å². The molecule has 0 radical (unpaired) electrons. The Morgan fingerprint density at radius 3 is 2.56 bits per heavy atom. The van der Waals surface area contributed by atoms with E-state index in [9.17, 15) is 23.1 Å². The van der Waals surface area contributed by atoms with Crippen molar-refractivity contribution < 1.29 is 27.5 Å². The van der Waals surface area contributed by atoms with E-state index in [4.69, 9.17) is 4.42 Å². The van der Waals surface area contributed by atoms with Crippen molar-refractivity contribution in [3.05, 3.63) is 36.1 Å². The third kappa shape index (κ3) is 3.98. The zero-order chi connectivity index (χ0) is 19.6. The number of hydrogen-bond acceptors (Lipinski definition) is 5. The molecule has 2 heterocycles. The molecule has 0 saturated carbocycles. The molecular weight excluding hydrogens is 372 g/mol. The molecule has 1 saturated heterocycles. The Hall–Kier alpha value is -2.39. The predicted molar refractivity (Wildman–Crippen MR) is 98.9 cm³/mol. The molecule has 1 aliphatic heterocycles. The van der Waals surface area contributed by atoms with Crippen LogP contribution in [0.15, 0.2) is 34.9 Å². The summed E-state index contributed by atoms with van der Waals surface area (Å²) in [5.74, 6) is -1.50. The van der Waals surface area contributed by atoms with Gasteiger partial charge >= 0.3 is 5.97 Å². The van der Waals surface area contributed by atoms with Crippen LogP contribution in [0.25, 0.3) is 11.0 Å². The maximum atomic E-state index is 13.1. The Morgan fingerprint density at radius 1 is 1.26 bits per heavy atom. The highest BCUT2D eigenvalue weighted by Gasteiger charge is 2.34. The molecule has 0 atom stereocenters. The number of furan rings is 1. The van der Waals surface area contributed by atoms with Crippen molar-refractivity contribution in [3.8, 4) is 0 Å². The van der Waals surface area contributed by atoms with Gasteiger partial charge in [-0.25, -0.2) is 12.7 Å². The van der Waals surface area contributed by atoms with Crippen LogP contribution in [0.1, 0.15) is 30.1 Å². The SMILES string of the molecule is CCS(=O)(=O)N1CCC(N(CC(=O)O)C(=O)c2coc3ccccc23)CC1. The molecule has 9 heteroatoms. The Kier molecular flexibility index (Phi) is 5.52. The minimum atomic E-state index is -3.29. The lowest BCUT2D eigenvalue weighted by Crippen LogP contribution is -2.50. The average Bonchev–Trinajstić information content (AvgIpc) is 3.09. The molecular formula is C18H22N2O6S. The molecule has 0 unspecified atom stereocenters. The summed E-state index contributed by atoms with van der Waals surface area (Å²) in [6.45, 7) is 1.70. The second kappa shape index (κ2) is 7.69. The molecule has 1 fully saturated rings. The first-order valence-corrected chi connectivity index (χ1v) is 10.4. The number of sulfonamides is 1. The molecule has 1 amide bonds. The summed E-state index contributed by atoms with van der Waals surface area (Å²) in [6, 6.07) is 6.72. The Balaban J connectivity index is 1.82. The first-order chi connectivity index (χ1) is 12.8. The van der Waals surface area contributed by atoms with Crippen molar-refractivity contribution in [2.45, 2.75) is 25.8 Å². The van der Waals surface area contributed by atoms with Crippen LogP contribution in [0.3, 0.4) is 0 Å². The number of amides is 1. The monoisotopic (exact) mass is 394 g/mol. The maximum absolute atomic E-state index is 13.1. The third-order valence-corrected chi connectivity index (χ3v) is 6.78. The summed E-state index contributed by atoms with van der Waals surface area (Å²) in [7, 11) is -3.29. The van der Waals surface area contributed by atoms with E-state index in [1.54, 1.807) is 31.2 Å². The van der Waals surface area contributed by atoms with E-state index in [1.807, 2.05) is 0 Å². The van der Waals surface area contributed by atoms with Crippen LogP contribution in [-0.4, -0.2) is 66.0 Å². The number of rotatable bonds is 6. The summed E-state index contributed by atoms with van der Waals surface area (Å²) >= 11 is 0. The quantitative estimate of drug-likeness (QED) is 0.800. The molecule has 8 nitrogen and oxygen atoms in total. The van der Waals surface area contributed by atoms with Crippen molar-refractivity contribution >= 4 is 32.9 Å². The van der Waals surface area contributed by atoms with Gasteiger partial charge in [-0.2, -0.15) is 0 Å². The van der Waals surface area contributed by atoms with Gasteiger partial charge in [-0.1, -0.05) is 18.2 Å². The average molecular weight is 394 g/mol. The van der Waals surface area contributed by atoms with Gasteiger partial charge in [-0.3, -0.25) is 9.59 Å². The van der Waals surface area contributed by atoms with Crippen LogP contribution < -0.4 is 0 Å². The minimum absolute atomic E-state index is 0.0243. The Labute approximate surface area is 157 Å². The lowest BCUT2D eigenvalue weighted by Gasteiger charge is -2.37. The van der Waals surface area contributed by atoms with Crippen molar-refractivity contribution in [2.75, 3.05) is 25.4 Å². The molecule has 1 aromatic heterocycles. The van der Waals surface area contributed by atoms with Gasteiger partial charge in [0, 0.05) is 24.5 Å². The summed E-state index contributed by atoms with van der Waals surface area (Å²) in [5.41, 5.74) is 0.871. The number of carbonyl (C=O) groups is 2. The van der Waals surface area contributed by atoms with E-state index in [1.165, 1.54) is 15.5 Å². The van der Waals surface area contributed by atoms with Crippen LogP contribution in [0.2, 0.25) is 0 Å². The highest BCUT2D eigenvalue weighted by atomic mass is 32.2. The number of hydrogen-bond donors (Lipinski definition) is 1. The standard InChI is InChI=1S/C18H22N2O6S/c1-2-27(24,25)19-9-7-13(8-10-19)20(11-17(21)22)18(23)15-12-26-16-6-4-3-5-14(15)16/h3-6,12-13H,2,7-11H2,1H3,(H,21,22). The smallest absolute Gasteiger partial charge is 0.323 e. The number of nitrogens with zero attached hydrogens (tertiary/aromatic N) is 2. The lowest BCUT2D eigenvalue weighted by molar-refractivity contribution is -0.138. The normalized spacial score (nSPS) is 16.5. The molecule has 3 rings (SSSR count). The van der Waals surface area contributed by atoms with E-state index < -0.39 is 28.4 Å². The van der Waals surface area contributed by atoms with Crippen LogP contribution in [0.4, 0.5) is 0 Å². The number of carbonyl (C=O) groups excluding carboxylic acids is 1. The largest absolute Gasteiger partial charge is 0.480 e. The van der Waals surface area contributed by atoms with Gasteiger partial charge in [0.05, 0.1) is 11.3 Å². The van der Waals surface area contributed by atoms with Crippen LogP contribution in [0.5, 0.6) is 0 Å². The van der Waals surface area contributed by atoms with Gasteiger partial charge in [0.2, 0.25) is 10.0 Å².